The maximum absolute atomic E-state index is 11.9. The Balaban J connectivity index is 2.08. The molecule has 2 heterocycles. The molecule has 0 aliphatic carbocycles. The molecule has 2 aromatic rings. The quantitative estimate of drug-likeness (QED) is 0.921. The Morgan fingerprint density at radius 2 is 2.18 bits per heavy atom. The van der Waals surface area contributed by atoms with Crippen LogP contribution in [0.25, 0.3) is 0 Å². The van der Waals surface area contributed by atoms with E-state index in [9.17, 15) is 8.42 Å². The molecule has 0 bridgehead atoms. The standard InChI is InChI=1S/C10H12N2O3S2/c1-7-5-9(12-15-7)6-11-17(13,14)10-4-3-8(2)16-10/h3-5,11H,6H2,1-2H3. The van der Waals surface area contributed by atoms with Gasteiger partial charge in [-0.25, -0.2) is 13.1 Å². The molecule has 0 spiro atoms. The number of sulfonamides is 1. The lowest BCUT2D eigenvalue weighted by Gasteiger charge is -2.01. The average molecular weight is 272 g/mol. The van der Waals surface area contributed by atoms with E-state index < -0.39 is 10.0 Å². The van der Waals surface area contributed by atoms with Crippen LogP contribution in [0, 0.1) is 13.8 Å². The molecule has 92 valence electrons. The Bertz CT molecular complexity index is 613. The summed E-state index contributed by atoms with van der Waals surface area (Å²) in [5.41, 5.74) is 0.569. The molecule has 5 nitrogen and oxygen atoms in total. The molecule has 0 saturated carbocycles. The van der Waals surface area contributed by atoms with Gasteiger partial charge in [-0.3, -0.25) is 0 Å². The number of nitrogens with zero attached hydrogens (tertiary/aromatic N) is 1. The van der Waals surface area contributed by atoms with Crippen molar-refractivity contribution >= 4 is 21.4 Å². The molecule has 0 fully saturated rings. The molecule has 7 heteroatoms. The normalized spacial score (nSPS) is 11.9. The van der Waals surface area contributed by atoms with Gasteiger partial charge in [-0.2, -0.15) is 0 Å². The summed E-state index contributed by atoms with van der Waals surface area (Å²) in [6, 6.07) is 5.07. The molecule has 0 radical (unpaired) electrons. The highest BCUT2D eigenvalue weighted by molar-refractivity contribution is 7.91. The van der Waals surface area contributed by atoms with Crippen LogP contribution in [0.4, 0.5) is 0 Å². The Hall–Kier alpha value is -1.18. The largest absolute Gasteiger partial charge is 0.361 e. The Kier molecular flexibility index (Phi) is 3.32. The smallest absolute Gasteiger partial charge is 0.250 e. The lowest BCUT2D eigenvalue weighted by molar-refractivity contribution is 0.390. The second-order valence-electron chi connectivity index (χ2n) is 3.62. The molecule has 0 atom stereocenters. The van der Waals surface area contributed by atoms with Gasteiger partial charge in [-0.1, -0.05) is 5.16 Å². The van der Waals surface area contributed by atoms with E-state index >= 15 is 0 Å². The lowest BCUT2D eigenvalue weighted by atomic mass is 10.4. The predicted molar refractivity (Wildman–Crippen MR) is 64.3 cm³/mol. The van der Waals surface area contributed by atoms with E-state index in [1.54, 1.807) is 25.1 Å². The van der Waals surface area contributed by atoms with Crippen LogP contribution in [0.2, 0.25) is 0 Å². The van der Waals surface area contributed by atoms with Gasteiger partial charge in [0.05, 0.1) is 12.2 Å². The molecule has 17 heavy (non-hydrogen) atoms. The Labute approximate surface area is 103 Å². The van der Waals surface area contributed by atoms with E-state index in [4.69, 9.17) is 4.52 Å². The summed E-state index contributed by atoms with van der Waals surface area (Å²) >= 11 is 1.24. The van der Waals surface area contributed by atoms with Gasteiger partial charge in [0.25, 0.3) is 0 Å². The minimum atomic E-state index is -3.44. The highest BCUT2D eigenvalue weighted by atomic mass is 32.2. The maximum atomic E-state index is 11.9. The first-order valence-corrected chi connectivity index (χ1v) is 7.25. The minimum Gasteiger partial charge on any atom is -0.361 e. The van der Waals surface area contributed by atoms with Crippen LogP contribution in [0.1, 0.15) is 16.3 Å². The number of hydrogen-bond acceptors (Lipinski definition) is 5. The predicted octanol–water partition coefficient (Wildman–Crippen LogP) is 1.83. The second kappa shape index (κ2) is 4.59. The summed E-state index contributed by atoms with van der Waals surface area (Å²) in [4.78, 5) is 0.961. The van der Waals surface area contributed by atoms with Gasteiger partial charge >= 0.3 is 0 Å². The molecule has 0 aliphatic heterocycles. The molecule has 1 N–H and O–H groups in total. The van der Waals surface area contributed by atoms with Crippen LogP contribution in [-0.4, -0.2) is 13.6 Å². The molecule has 0 amide bonds. The van der Waals surface area contributed by atoms with Crippen molar-refractivity contribution in [2.75, 3.05) is 0 Å². The van der Waals surface area contributed by atoms with Crippen LogP contribution >= 0.6 is 11.3 Å². The highest BCUT2D eigenvalue weighted by Crippen LogP contribution is 2.20. The van der Waals surface area contributed by atoms with Gasteiger partial charge < -0.3 is 4.52 Å². The number of aryl methyl sites for hydroxylation is 2. The van der Waals surface area contributed by atoms with Crippen LogP contribution in [0.5, 0.6) is 0 Å². The first kappa shape index (κ1) is 12.3. The molecule has 2 rings (SSSR count). The van der Waals surface area contributed by atoms with Gasteiger partial charge in [0.2, 0.25) is 10.0 Å². The zero-order chi connectivity index (χ0) is 12.5. The van der Waals surface area contributed by atoms with E-state index in [0.717, 1.165) is 4.88 Å². The molecular weight excluding hydrogens is 260 g/mol. The van der Waals surface area contributed by atoms with Crippen LogP contribution < -0.4 is 4.72 Å². The molecule has 0 unspecified atom stereocenters. The summed E-state index contributed by atoms with van der Waals surface area (Å²) < 4.78 is 31.4. The van der Waals surface area contributed by atoms with Gasteiger partial charge in [0.15, 0.2) is 0 Å². The topological polar surface area (TPSA) is 72.2 Å². The summed E-state index contributed by atoms with van der Waals surface area (Å²) in [5.74, 6) is 0.658. The number of aromatic nitrogens is 1. The first-order chi connectivity index (χ1) is 7.97. The van der Waals surface area contributed by atoms with Crippen molar-refractivity contribution in [1.29, 1.82) is 0 Å². The van der Waals surface area contributed by atoms with Crippen molar-refractivity contribution in [1.82, 2.24) is 9.88 Å². The van der Waals surface area contributed by atoms with Crippen molar-refractivity contribution in [3.8, 4) is 0 Å². The molecule has 0 saturated heterocycles. The summed E-state index contributed by atoms with van der Waals surface area (Å²) in [5, 5.41) is 3.72. The van der Waals surface area contributed by atoms with Crippen molar-refractivity contribution in [3.05, 3.63) is 34.5 Å². The number of nitrogens with one attached hydrogen (secondary N) is 1. The summed E-state index contributed by atoms with van der Waals surface area (Å²) in [6.45, 7) is 3.76. The second-order valence-corrected chi connectivity index (χ2v) is 6.90. The fourth-order valence-corrected chi connectivity index (χ4v) is 3.62. The van der Waals surface area contributed by atoms with Crippen molar-refractivity contribution < 1.29 is 12.9 Å². The molecular formula is C10H12N2O3S2. The molecule has 0 aliphatic rings. The van der Waals surface area contributed by atoms with Crippen LogP contribution in [0.3, 0.4) is 0 Å². The number of thiophene rings is 1. The summed E-state index contributed by atoms with van der Waals surface area (Å²) in [6.07, 6.45) is 0. The van der Waals surface area contributed by atoms with Crippen LogP contribution in [-0.2, 0) is 16.6 Å². The average Bonchev–Trinajstić information content (AvgIpc) is 2.85. The van der Waals surface area contributed by atoms with E-state index in [1.807, 2.05) is 6.92 Å². The zero-order valence-corrected chi connectivity index (χ0v) is 11.1. The lowest BCUT2D eigenvalue weighted by Crippen LogP contribution is -2.22. The Morgan fingerprint density at radius 1 is 1.41 bits per heavy atom. The maximum Gasteiger partial charge on any atom is 0.250 e. The third-order valence-electron chi connectivity index (χ3n) is 2.10. The van der Waals surface area contributed by atoms with Crippen molar-refractivity contribution in [3.63, 3.8) is 0 Å². The Morgan fingerprint density at radius 3 is 2.71 bits per heavy atom. The van der Waals surface area contributed by atoms with Gasteiger partial charge in [0, 0.05) is 10.9 Å². The number of rotatable bonds is 4. The minimum absolute atomic E-state index is 0.136. The van der Waals surface area contributed by atoms with E-state index in [-0.39, 0.29) is 6.54 Å². The van der Waals surface area contributed by atoms with Gasteiger partial charge in [0.1, 0.15) is 9.97 Å². The first-order valence-electron chi connectivity index (χ1n) is 4.96. The van der Waals surface area contributed by atoms with Crippen molar-refractivity contribution in [2.45, 2.75) is 24.6 Å². The SMILES string of the molecule is Cc1cc(CNS(=O)(=O)c2ccc(C)s2)no1. The fraction of sp³-hybridized carbons (Fsp3) is 0.300. The molecule has 0 aromatic carbocycles. The van der Waals surface area contributed by atoms with Gasteiger partial charge in [-0.15, -0.1) is 11.3 Å². The van der Waals surface area contributed by atoms with E-state index in [2.05, 4.69) is 9.88 Å². The van der Waals surface area contributed by atoms with Crippen LogP contribution in [0.15, 0.2) is 26.9 Å². The van der Waals surface area contributed by atoms with E-state index in [1.165, 1.54) is 11.3 Å². The fourth-order valence-electron chi connectivity index (χ4n) is 1.30. The summed E-state index contributed by atoms with van der Waals surface area (Å²) in [7, 11) is -3.44. The third-order valence-corrected chi connectivity index (χ3v) is 4.99. The van der Waals surface area contributed by atoms with Crippen molar-refractivity contribution in [2.24, 2.45) is 0 Å². The monoisotopic (exact) mass is 272 g/mol. The van der Waals surface area contributed by atoms with Gasteiger partial charge in [-0.05, 0) is 26.0 Å². The highest BCUT2D eigenvalue weighted by Gasteiger charge is 2.16. The third kappa shape index (κ3) is 2.93. The zero-order valence-electron chi connectivity index (χ0n) is 9.43. The van der Waals surface area contributed by atoms with E-state index in [0.29, 0.717) is 15.7 Å². The molecule has 2 aromatic heterocycles. The number of hydrogen-bond donors (Lipinski definition) is 1.